The number of aromatic nitrogens is 2. The van der Waals surface area contributed by atoms with E-state index >= 15 is 0 Å². The van der Waals surface area contributed by atoms with Gasteiger partial charge in [-0.2, -0.15) is 0 Å². The van der Waals surface area contributed by atoms with Crippen LogP contribution in [0.2, 0.25) is 0 Å². The molecule has 0 aliphatic carbocycles. The van der Waals surface area contributed by atoms with E-state index < -0.39 is 0 Å². The van der Waals surface area contributed by atoms with Gasteiger partial charge >= 0.3 is 0 Å². The average molecular weight is 352 g/mol. The summed E-state index contributed by atoms with van der Waals surface area (Å²) in [6, 6.07) is 7.62. The molecule has 2 aliphatic heterocycles. The molecule has 0 bridgehead atoms. The first-order chi connectivity index (χ1) is 12.6. The standard InChI is InChI=1S/C21H28N4O/c1-15(2)20-22-18-14-24(13-16-7-3-4-8-19(16)26)12-9-17(18)21(23-20)25-10-5-6-11-25/h3-4,7-8,15,26H,5-6,9-14H2,1-2H3. The van der Waals surface area contributed by atoms with E-state index in [0.29, 0.717) is 11.7 Å². The van der Waals surface area contributed by atoms with Crippen LogP contribution >= 0.6 is 0 Å². The number of anilines is 1. The van der Waals surface area contributed by atoms with Gasteiger partial charge in [0.05, 0.1) is 5.69 Å². The first kappa shape index (κ1) is 17.3. The van der Waals surface area contributed by atoms with Gasteiger partial charge in [-0.05, 0) is 25.3 Å². The van der Waals surface area contributed by atoms with E-state index in [1.807, 2.05) is 18.2 Å². The fraction of sp³-hybridized carbons (Fsp3) is 0.524. The van der Waals surface area contributed by atoms with Crippen LogP contribution in [0, 0.1) is 0 Å². The lowest BCUT2D eigenvalue weighted by atomic mass is 10.0. The highest BCUT2D eigenvalue weighted by molar-refractivity contribution is 5.51. The number of hydrogen-bond donors (Lipinski definition) is 1. The van der Waals surface area contributed by atoms with Crippen molar-refractivity contribution < 1.29 is 5.11 Å². The van der Waals surface area contributed by atoms with E-state index in [4.69, 9.17) is 9.97 Å². The number of para-hydroxylation sites is 1. The average Bonchev–Trinajstić information content (AvgIpc) is 3.17. The van der Waals surface area contributed by atoms with Crippen LogP contribution in [0.1, 0.15) is 55.3 Å². The summed E-state index contributed by atoms with van der Waals surface area (Å²) < 4.78 is 0. The molecule has 1 N–H and O–H groups in total. The molecule has 0 spiro atoms. The van der Waals surface area contributed by atoms with Crippen LogP contribution in [0.25, 0.3) is 0 Å². The molecule has 4 rings (SSSR count). The number of phenolic OH excluding ortho intramolecular Hbond substituents is 1. The number of rotatable bonds is 4. The van der Waals surface area contributed by atoms with Crippen LogP contribution in [-0.4, -0.2) is 39.6 Å². The van der Waals surface area contributed by atoms with Gasteiger partial charge in [0.25, 0.3) is 0 Å². The van der Waals surface area contributed by atoms with Gasteiger partial charge in [0.2, 0.25) is 0 Å². The maximum Gasteiger partial charge on any atom is 0.135 e. The highest BCUT2D eigenvalue weighted by atomic mass is 16.3. The molecule has 1 aromatic carbocycles. The summed E-state index contributed by atoms with van der Waals surface area (Å²) in [7, 11) is 0. The Morgan fingerprint density at radius 2 is 1.85 bits per heavy atom. The Labute approximate surface area is 155 Å². The molecule has 0 unspecified atom stereocenters. The number of aromatic hydroxyl groups is 1. The summed E-state index contributed by atoms with van der Waals surface area (Å²) in [5.74, 6) is 2.84. The summed E-state index contributed by atoms with van der Waals surface area (Å²) in [5.41, 5.74) is 3.49. The van der Waals surface area contributed by atoms with Crippen molar-refractivity contribution in [2.24, 2.45) is 0 Å². The molecule has 138 valence electrons. The molecule has 2 aliphatic rings. The van der Waals surface area contributed by atoms with Crippen molar-refractivity contribution in [1.29, 1.82) is 0 Å². The monoisotopic (exact) mass is 352 g/mol. The molecule has 1 saturated heterocycles. The van der Waals surface area contributed by atoms with E-state index in [9.17, 15) is 5.11 Å². The Morgan fingerprint density at radius 3 is 2.58 bits per heavy atom. The van der Waals surface area contributed by atoms with Crippen molar-refractivity contribution in [3.05, 3.63) is 46.9 Å². The molecule has 5 nitrogen and oxygen atoms in total. The van der Waals surface area contributed by atoms with Crippen molar-refractivity contribution in [3.63, 3.8) is 0 Å². The third-order valence-electron chi connectivity index (χ3n) is 5.45. The molecule has 0 amide bonds. The second-order valence-corrected chi connectivity index (χ2v) is 7.77. The molecule has 3 heterocycles. The van der Waals surface area contributed by atoms with Gasteiger partial charge in [0.1, 0.15) is 17.4 Å². The smallest absolute Gasteiger partial charge is 0.135 e. The summed E-state index contributed by atoms with van der Waals surface area (Å²) in [6.07, 6.45) is 3.50. The van der Waals surface area contributed by atoms with Crippen LogP contribution in [0.4, 0.5) is 5.82 Å². The maximum absolute atomic E-state index is 10.1. The Bertz CT molecular complexity index is 784. The predicted molar refractivity (Wildman–Crippen MR) is 103 cm³/mol. The predicted octanol–water partition coefficient (Wildman–Crippen LogP) is 3.46. The van der Waals surface area contributed by atoms with Gasteiger partial charge < -0.3 is 10.0 Å². The molecule has 0 saturated carbocycles. The van der Waals surface area contributed by atoms with E-state index in [1.54, 1.807) is 6.07 Å². The minimum Gasteiger partial charge on any atom is -0.508 e. The lowest BCUT2D eigenvalue weighted by Gasteiger charge is -2.31. The van der Waals surface area contributed by atoms with Crippen molar-refractivity contribution in [3.8, 4) is 5.75 Å². The van der Waals surface area contributed by atoms with Gasteiger partial charge in [-0.15, -0.1) is 0 Å². The van der Waals surface area contributed by atoms with E-state index in [0.717, 1.165) is 50.5 Å². The third-order valence-corrected chi connectivity index (χ3v) is 5.45. The summed E-state index contributed by atoms with van der Waals surface area (Å²) in [5, 5.41) is 10.1. The molecule has 5 heteroatoms. The van der Waals surface area contributed by atoms with Crippen molar-refractivity contribution in [1.82, 2.24) is 14.9 Å². The van der Waals surface area contributed by atoms with Crippen LogP contribution in [0.5, 0.6) is 5.75 Å². The fourth-order valence-electron chi connectivity index (χ4n) is 3.95. The zero-order valence-corrected chi connectivity index (χ0v) is 15.8. The Kier molecular flexibility index (Phi) is 4.81. The summed E-state index contributed by atoms with van der Waals surface area (Å²) >= 11 is 0. The van der Waals surface area contributed by atoms with Gasteiger partial charge in [-0.25, -0.2) is 9.97 Å². The fourth-order valence-corrected chi connectivity index (χ4v) is 3.95. The zero-order valence-electron chi connectivity index (χ0n) is 15.8. The van der Waals surface area contributed by atoms with E-state index in [1.165, 1.54) is 29.9 Å². The first-order valence-electron chi connectivity index (χ1n) is 9.75. The van der Waals surface area contributed by atoms with Gasteiger partial charge in [-0.1, -0.05) is 32.0 Å². The van der Waals surface area contributed by atoms with Crippen LogP contribution < -0.4 is 4.90 Å². The second kappa shape index (κ2) is 7.23. The van der Waals surface area contributed by atoms with Gasteiger partial charge in [-0.3, -0.25) is 4.90 Å². The summed E-state index contributed by atoms with van der Waals surface area (Å²) in [6.45, 7) is 9.12. The molecule has 2 aromatic rings. The molecule has 26 heavy (non-hydrogen) atoms. The van der Waals surface area contributed by atoms with Crippen LogP contribution in [0.3, 0.4) is 0 Å². The first-order valence-corrected chi connectivity index (χ1v) is 9.75. The Hall–Kier alpha value is -2.14. The summed E-state index contributed by atoms with van der Waals surface area (Å²) in [4.78, 5) is 14.7. The van der Waals surface area contributed by atoms with Crippen LogP contribution in [-0.2, 0) is 19.5 Å². The highest BCUT2D eigenvalue weighted by Crippen LogP contribution is 2.31. The minimum absolute atomic E-state index is 0.329. The zero-order chi connectivity index (χ0) is 18.1. The SMILES string of the molecule is CC(C)c1nc2c(c(N3CCCC3)n1)CCN(Cc1ccccc1O)C2. The lowest BCUT2D eigenvalue weighted by Crippen LogP contribution is -2.33. The number of benzene rings is 1. The molecule has 0 radical (unpaired) electrons. The lowest BCUT2D eigenvalue weighted by molar-refractivity contribution is 0.237. The minimum atomic E-state index is 0.329. The van der Waals surface area contributed by atoms with E-state index in [-0.39, 0.29) is 0 Å². The molecular weight excluding hydrogens is 324 g/mol. The van der Waals surface area contributed by atoms with Gasteiger partial charge in [0, 0.05) is 49.8 Å². The second-order valence-electron chi connectivity index (χ2n) is 7.77. The van der Waals surface area contributed by atoms with Gasteiger partial charge in [0.15, 0.2) is 0 Å². The highest BCUT2D eigenvalue weighted by Gasteiger charge is 2.27. The molecule has 1 aromatic heterocycles. The normalized spacial score (nSPS) is 17.7. The quantitative estimate of drug-likeness (QED) is 0.913. The Balaban J connectivity index is 1.62. The van der Waals surface area contributed by atoms with Crippen molar-refractivity contribution in [2.75, 3.05) is 24.5 Å². The van der Waals surface area contributed by atoms with Crippen molar-refractivity contribution in [2.45, 2.75) is 52.1 Å². The van der Waals surface area contributed by atoms with E-state index in [2.05, 4.69) is 23.6 Å². The van der Waals surface area contributed by atoms with Crippen LogP contribution in [0.15, 0.2) is 24.3 Å². The topological polar surface area (TPSA) is 52.5 Å². The molecule has 0 atom stereocenters. The Morgan fingerprint density at radius 1 is 1.08 bits per heavy atom. The number of nitrogens with zero attached hydrogens (tertiary/aromatic N) is 4. The largest absolute Gasteiger partial charge is 0.508 e. The maximum atomic E-state index is 10.1. The third kappa shape index (κ3) is 3.40. The van der Waals surface area contributed by atoms with Crippen molar-refractivity contribution >= 4 is 5.82 Å². The number of hydrogen-bond acceptors (Lipinski definition) is 5. The molecule has 1 fully saturated rings. The number of phenols is 1. The molecular formula is C21H28N4O. The number of fused-ring (bicyclic) bond motifs is 1.